The van der Waals surface area contributed by atoms with Crippen LogP contribution in [-0.4, -0.2) is 28.2 Å². The molecule has 1 aliphatic rings. The predicted octanol–water partition coefficient (Wildman–Crippen LogP) is 5.81. The van der Waals surface area contributed by atoms with Crippen LogP contribution < -0.4 is 10.1 Å². The van der Waals surface area contributed by atoms with Crippen LogP contribution in [0.3, 0.4) is 0 Å². The van der Waals surface area contributed by atoms with E-state index in [0.717, 1.165) is 38.6 Å². The van der Waals surface area contributed by atoms with Crippen molar-refractivity contribution < 1.29 is 14.1 Å². The minimum atomic E-state index is -0.406. The Morgan fingerprint density at radius 3 is 2.53 bits per heavy atom. The Hall–Kier alpha value is -3.91. The normalized spacial score (nSPS) is 16.0. The van der Waals surface area contributed by atoms with Gasteiger partial charge in [-0.25, -0.2) is 4.79 Å². The molecular weight excluding hydrogens is 448 g/mol. The first kappa shape index (κ1) is 21.9. The fourth-order valence-electron chi connectivity index (χ4n) is 4.01. The molecule has 2 aromatic carbocycles. The van der Waals surface area contributed by atoms with Gasteiger partial charge >= 0.3 is 6.03 Å². The molecule has 0 spiro atoms. The van der Waals surface area contributed by atoms with Crippen LogP contribution in [0.4, 0.5) is 4.79 Å². The van der Waals surface area contributed by atoms with Gasteiger partial charge in [0, 0.05) is 5.70 Å². The summed E-state index contributed by atoms with van der Waals surface area (Å²) in [6.45, 7) is 4.36. The molecule has 5 rings (SSSR count). The molecule has 1 N–H and O–H groups in total. The fraction of sp³-hybridized carbons (Fsp3) is 0.192. The maximum atomic E-state index is 13.2. The Morgan fingerprint density at radius 2 is 1.85 bits per heavy atom. The van der Waals surface area contributed by atoms with Gasteiger partial charge in [0.25, 0.3) is 5.89 Å². The molecule has 4 aromatic rings. The number of methoxy groups -OCH3 is 1. The molecule has 0 aliphatic carbocycles. The van der Waals surface area contributed by atoms with E-state index in [1.165, 1.54) is 0 Å². The molecule has 2 aromatic heterocycles. The first-order chi connectivity index (χ1) is 16.5. The van der Waals surface area contributed by atoms with Gasteiger partial charge in [-0.15, -0.1) is 11.3 Å². The number of amides is 2. The first-order valence-corrected chi connectivity index (χ1v) is 11.8. The number of carbonyl (C=O) groups excluding carboxylic acids is 1. The molecule has 34 heavy (non-hydrogen) atoms. The highest BCUT2D eigenvalue weighted by Gasteiger charge is 2.35. The minimum Gasteiger partial charge on any atom is -0.497 e. The zero-order chi connectivity index (χ0) is 23.7. The third-order valence-corrected chi connectivity index (χ3v) is 6.77. The summed E-state index contributed by atoms with van der Waals surface area (Å²) in [5, 5.41) is 9.32. The monoisotopic (exact) mass is 472 g/mol. The Balaban J connectivity index is 1.57. The highest BCUT2D eigenvalue weighted by atomic mass is 32.1. The standard InChI is InChI=1S/C26H24N4O3S/c1-16-6-10-19(11-7-16)23-22(25-28-24(29-33-25)21-5-4-14-34-21)17(2)30(26(31)27-23)15-18-8-12-20(32-3)13-9-18/h4-14,23H,15H2,1-3H3,(H,27,31). The van der Waals surface area contributed by atoms with Crippen molar-refractivity contribution in [2.75, 3.05) is 7.11 Å². The van der Waals surface area contributed by atoms with Gasteiger partial charge in [-0.1, -0.05) is 53.2 Å². The van der Waals surface area contributed by atoms with Crippen molar-refractivity contribution in [3.63, 3.8) is 0 Å². The molecule has 1 atom stereocenters. The highest BCUT2D eigenvalue weighted by Crippen LogP contribution is 2.38. The van der Waals surface area contributed by atoms with Gasteiger partial charge < -0.3 is 14.6 Å². The maximum Gasteiger partial charge on any atom is 0.322 e. The SMILES string of the molecule is COc1ccc(CN2C(=O)NC(c3ccc(C)cc3)C(c3nc(-c4cccs4)no3)=C2C)cc1. The van der Waals surface area contributed by atoms with Gasteiger partial charge in [-0.3, -0.25) is 4.90 Å². The second-order valence-corrected chi connectivity index (χ2v) is 9.07. The molecule has 1 aliphatic heterocycles. The molecule has 0 saturated carbocycles. The van der Waals surface area contributed by atoms with Crippen molar-refractivity contribution in [2.45, 2.75) is 26.4 Å². The number of urea groups is 1. The van der Waals surface area contributed by atoms with Crippen LogP contribution in [0.15, 0.2) is 76.3 Å². The quantitative estimate of drug-likeness (QED) is 0.383. The van der Waals surface area contributed by atoms with E-state index in [0.29, 0.717) is 18.3 Å². The number of nitrogens with one attached hydrogen (secondary N) is 1. The van der Waals surface area contributed by atoms with Gasteiger partial charge in [0.2, 0.25) is 5.82 Å². The average Bonchev–Trinajstić information content (AvgIpc) is 3.55. The van der Waals surface area contributed by atoms with E-state index in [1.807, 2.05) is 79.9 Å². The number of hydrogen-bond donors (Lipinski definition) is 1. The molecule has 3 heterocycles. The number of aryl methyl sites for hydroxylation is 1. The summed E-state index contributed by atoms with van der Waals surface area (Å²) in [6.07, 6.45) is 0. The summed E-state index contributed by atoms with van der Waals surface area (Å²) in [6, 6.07) is 19.1. The molecule has 0 bridgehead atoms. The van der Waals surface area contributed by atoms with E-state index >= 15 is 0 Å². The Labute approximate surface area is 201 Å². The van der Waals surface area contributed by atoms with E-state index in [2.05, 4.69) is 15.5 Å². The molecule has 1 unspecified atom stereocenters. The Bertz CT molecular complexity index is 1330. The second-order valence-electron chi connectivity index (χ2n) is 8.13. The lowest BCUT2D eigenvalue weighted by Crippen LogP contribution is -2.45. The van der Waals surface area contributed by atoms with Gasteiger partial charge in [0.05, 0.1) is 30.1 Å². The third kappa shape index (κ3) is 4.20. The maximum absolute atomic E-state index is 13.2. The zero-order valence-corrected chi connectivity index (χ0v) is 19.9. The number of rotatable bonds is 6. The summed E-state index contributed by atoms with van der Waals surface area (Å²) in [4.78, 5) is 20.6. The lowest BCUT2D eigenvalue weighted by atomic mass is 9.94. The fourth-order valence-corrected chi connectivity index (χ4v) is 4.66. The molecule has 0 radical (unpaired) electrons. The summed E-state index contributed by atoms with van der Waals surface area (Å²) in [5.41, 5.74) is 4.63. The molecular formula is C26H24N4O3S. The molecule has 0 fully saturated rings. The van der Waals surface area contributed by atoms with Crippen molar-refractivity contribution in [1.29, 1.82) is 0 Å². The zero-order valence-electron chi connectivity index (χ0n) is 19.1. The highest BCUT2D eigenvalue weighted by molar-refractivity contribution is 7.13. The first-order valence-electron chi connectivity index (χ1n) is 10.9. The number of hydrogen-bond acceptors (Lipinski definition) is 6. The molecule has 7 nitrogen and oxygen atoms in total. The number of allylic oxidation sites excluding steroid dienone is 1. The smallest absolute Gasteiger partial charge is 0.322 e. The van der Waals surface area contributed by atoms with Crippen LogP contribution in [0.25, 0.3) is 16.3 Å². The van der Waals surface area contributed by atoms with Crippen LogP contribution >= 0.6 is 11.3 Å². The van der Waals surface area contributed by atoms with E-state index < -0.39 is 6.04 Å². The van der Waals surface area contributed by atoms with E-state index in [1.54, 1.807) is 23.3 Å². The van der Waals surface area contributed by atoms with Crippen LogP contribution in [0.5, 0.6) is 5.75 Å². The Morgan fingerprint density at radius 1 is 1.09 bits per heavy atom. The van der Waals surface area contributed by atoms with Crippen molar-refractivity contribution >= 4 is 22.9 Å². The number of ether oxygens (including phenoxy) is 1. The summed E-state index contributed by atoms with van der Waals surface area (Å²) >= 11 is 1.55. The molecule has 8 heteroatoms. The van der Waals surface area contributed by atoms with E-state index in [9.17, 15) is 4.79 Å². The van der Waals surface area contributed by atoms with Crippen LogP contribution in [0.2, 0.25) is 0 Å². The molecule has 2 amide bonds. The van der Waals surface area contributed by atoms with Crippen molar-refractivity contribution in [3.05, 3.63) is 94.3 Å². The number of aromatic nitrogens is 2. The summed E-state index contributed by atoms with van der Waals surface area (Å²) in [7, 11) is 1.63. The average molecular weight is 473 g/mol. The third-order valence-electron chi connectivity index (χ3n) is 5.90. The lowest BCUT2D eigenvalue weighted by Gasteiger charge is -2.35. The minimum absolute atomic E-state index is 0.180. The topological polar surface area (TPSA) is 80.5 Å². The Kier molecular flexibility index (Phi) is 5.90. The predicted molar refractivity (Wildman–Crippen MR) is 131 cm³/mol. The van der Waals surface area contributed by atoms with Gasteiger partial charge in [0.15, 0.2) is 0 Å². The van der Waals surface area contributed by atoms with Crippen LogP contribution in [-0.2, 0) is 6.54 Å². The van der Waals surface area contributed by atoms with E-state index in [-0.39, 0.29) is 6.03 Å². The van der Waals surface area contributed by atoms with Gasteiger partial charge in [-0.05, 0) is 48.6 Å². The number of thiophene rings is 1. The van der Waals surface area contributed by atoms with Crippen molar-refractivity contribution in [1.82, 2.24) is 20.4 Å². The van der Waals surface area contributed by atoms with Crippen LogP contribution in [0.1, 0.15) is 35.5 Å². The number of nitrogens with zero attached hydrogens (tertiary/aromatic N) is 3. The number of benzene rings is 2. The van der Waals surface area contributed by atoms with Gasteiger partial charge in [-0.2, -0.15) is 4.98 Å². The largest absolute Gasteiger partial charge is 0.497 e. The number of carbonyl (C=O) groups is 1. The molecule has 0 saturated heterocycles. The van der Waals surface area contributed by atoms with Crippen molar-refractivity contribution in [3.8, 4) is 16.5 Å². The summed E-state index contributed by atoms with van der Waals surface area (Å²) < 4.78 is 11.0. The second kappa shape index (κ2) is 9.15. The molecule has 172 valence electrons. The van der Waals surface area contributed by atoms with Gasteiger partial charge in [0.1, 0.15) is 5.75 Å². The van der Waals surface area contributed by atoms with Crippen LogP contribution in [0, 0.1) is 6.92 Å². The van der Waals surface area contributed by atoms with E-state index in [4.69, 9.17) is 9.26 Å². The van der Waals surface area contributed by atoms with Crippen molar-refractivity contribution in [2.24, 2.45) is 0 Å². The summed E-state index contributed by atoms with van der Waals surface area (Å²) in [5.74, 6) is 1.70. The lowest BCUT2D eigenvalue weighted by molar-refractivity contribution is 0.203.